The molecule has 0 bridgehead atoms. The molecular weight excluding hydrogens is 1160 g/mol. The smallest absolute Gasteiger partial charge is 0.252 e. The van der Waals surface area contributed by atoms with Crippen LogP contribution >= 0.6 is 0 Å². The molecule has 0 unspecified atom stereocenters. The zero-order valence-electron chi connectivity index (χ0n) is 59.6. The largest absolute Gasteiger partial charge is 0.311 e. The summed E-state index contributed by atoms with van der Waals surface area (Å²) in [5.41, 5.74) is 29.0. The van der Waals surface area contributed by atoms with E-state index in [1.165, 1.54) is 115 Å². The van der Waals surface area contributed by atoms with E-state index in [9.17, 15) is 0 Å². The van der Waals surface area contributed by atoms with Crippen LogP contribution in [0.15, 0.2) is 218 Å². The van der Waals surface area contributed by atoms with Crippen molar-refractivity contribution in [3.63, 3.8) is 0 Å². The molecular formula is C90H90BN5. The Morgan fingerprint density at radius 3 is 0.708 bits per heavy atom. The second-order valence-electron chi connectivity index (χ2n) is 34.1. The van der Waals surface area contributed by atoms with Crippen molar-refractivity contribution >= 4 is 123 Å². The number of hydrogen-bond acceptors (Lipinski definition) is 2. The fourth-order valence-electron chi connectivity index (χ4n) is 15.8. The third-order valence-corrected chi connectivity index (χ3v) is 21.3. The van der Waals surface area contributed by atoms with Crippen LogP contribution in [0.2, 0.25) is 0 Å². The summed E-state index contributed by atoms with van der Waals surface area (Å²) in [4.78, 5) is 5.20. The fourth-order valence-corrected chi connectivity index (χ4v) is 15.8. The SMILES string of the molecule is CC(C)(C)c1ccc2c(c1)c1cc(C(C)(C)C)ccc1n2-c1ccc2c(c1)N(c1ccccc1)c1cc(-n3c4ccc(C(C)(C)C)cc4c4cc(C(C)(C)C)ccc43)cc3c1B2c1ccc(-n2c4ccc(C(C)(C)C)cc4c4cc(C(C)(C)C)ccc42)cc1N3c1ccccc1. The second kappa shape index (κ2) is 21.0. The molecule has 0 aliphatic carbocycles. The summed E-state index contributed by atoms with van der Waals surface area (Å²) in [6, 6.07) is 85.5. The van der Waals surface area contributed by atoms with Crippen LogP contribution in [-0.4, -0.2) is 20.4 Å². The predicted molar refractivity (Wildman–Crippen MR) is 416 cm³/mol. The Hall–Kier alpha value is -9.52. The number of nitrogens with zero attached hydrogens (tertiary/aromatic N) is 5. The minimum absolute atomic E-state index is 0.0236. The third kappa shape index (κ3) is 9.69. The zero-order chi connectivity index (χ0) is 67.2. The van der Waals surface area contributed by atoms with Gasteiger partial charge in [-0.2, -0.15) is 0 Å². The zero-order valence-corrected chi connectivity index (χ0v) is 59.6. The molecule has 0 N–H and O–H groups in total. The Kier molecular flexibility index (Phi) is 13.4. The normalized spacial score (nSPS) is 13.9. The molecule has 5 heterocycles. The van der Waals surface area contributed by atoms with Crippen molar-refractivity contribution in [2.45, 2.75) is 157 Å². The first-order valence-electron chi connectivity index (χ1n) is 34.9. The van der Waals surface area contributed by atoms with E-state index >= 15 is 0 Å². The van der Waals surface area contributed by atoms with Crippen molar-refractivity contribution in [3.8, 4) is 17.1 Å². The van der Waals surface area contributed by atoms with Gasteiger partial charge in [-0.3, -0.25) is 0 Å². The number of anilines is 6. The number of hydrogen-bond donors (Lipinski definition) is 0. The van der Waals surface area contributed by atoms with E-state index < -0.39 is 0 Å². The first kappa shape index (κ1) is 61.4. The van der Waals surface area contributed by atoms with Gasteiger partial charge in [0, 0.05) is 77.8 Å². The Morgan fingerprint density at radius 1 is 0.219 bits per heavy atom. The molecule has 478 valence electrons. The van der Waals surface area contributed by atoms with Gasteiger partial charge in [0.05, 0.1) is 38.8 Å². The summed E-state index contributed by atoms with van der Waals surface area (Å²) in [6.07, 6.45) is 0. The van der Waals surface area contributed by atoms with E-state index in [1.807, 2.05) is 0 Å². The van der Waals surface area contributed by atoms with Crippen molar-refractivity contribution in [2.24, 2.45) is 0 Å². The van der Waals surface area contributed by atoms with E-state index in [0.29, 0.717) is 0 Å². The highest BCUT2D eigenvalue weighted by atomic mass is 15.2. The minimum atomic E-state index is -0.150. The summed E-state index contributed by atoms with van der Waals surface area (Å²) in [6.45, 7) is 41.8. The molecule has 96 heavy (non-hydrogen) atoms. The summed E-state index contributed by atoms with van der Waals surface area (Å²) < 4.78 is 7.66. The summed E-state index contributed by atoms with van der Waals surface area (Å²) in [5, 5.41) is 7.65. The number of rotatable bonds is 5. The summed E-state index contributed by atoms with van der Waals surface area (Å²) >= 11 is 0. The maximum absolute atomic E-state index is 2.60. The van der Waals surface area contributed by atoms with Crippen LogP contribution in [-0.2, 0) is 32.5 Å². The van der Waals surface area contributed by atoms with E-state index in [1.54, 1.807) is 0 Å². The van der Waals surface area contributed by atoms with Gasteiger partial charge in [-0.05, 0) is 216 Å². The summed E-state index contributed by atoms with van der Waals surface area (Å²) in [5.74, 6) is 0. The topological polar surface area (TPSA) is 21.3 Å². The highest BCUT2D eigenvalue weighted by Gasteiger charge is 2.45. The molecule has 0 saturated heterocycles. The van der Waals surface area contributed by atoms with E-state index in [2.05, 4.69) is 367 Å². The molecule has 0 radical (unpaired) electrons. The molecule has 6 heteroatoms. The highest BCUT2D eigenvalue weighted by Crippen LogP contribution is 2.50. The van der Waals surface area contributed by atoms with Crippen molar-refractivity contribution in [1.29, 1.82) is 0 Å². The van der Waals surface area contributed by atoms with Crippen LogP contribution in [0, 0.1) is 0 Å². The quantitative estimate of drug-likeness (QED) is 0.160. The molecule has 2 aliphatic rings. The first-order chi connectivity index (χ1) is 45.4. The van der Waals surface area contributed by atoms with E-state index in [4.69, 9.17) is 0 Å². The molecule has 5 nitrogen and oxygen atoms in total. The second-order valence-corrected chi connectivity index (χ2v) is 34.1. The van der Waals surface area contributed by atoms with Gasteiger partial charge in [0.25, 0.3) is 6.71 Å². The summed E-state index contributed by atoms with van der Waals surface area (Å²) in [7, 11) is 0. The standard InChI is InChI=1S/C90H90BN5/c1-85(2,3)55-29-39-74-66(45-55)67-46-56(86(4,5)6)30-40-75(67)94(74)63-35-37-72-80(51-63)92(61-25-21-19-22-26-61)82-53-65(96-78-43-33-59(89(13,14)15)49-70(78)71-50-60(90(16,17)18)34-44-79(71)96)54-83-84(82)91(72)73-38-36-64(52-81(73)93(83)62-27-23-20-24-28-62)95-76-41-31-57(87(7,8)9)47-68(76)69-48-58(88(10,11)12)32-42-77(69)95/h19-54H,1-18H3. The van der Waals surface area contributed by atoms with Gasteiger partial charge in [-0.15, -0.1) is 0 Å². The molecule has 0 spiro atoms. The molecule has 3 aromatic heterocycles. The average molecular weight is 1250 g/mol. The molecule has 0 fully saturated rings. The Balaban J connectivity index is 1.03. The van der Waals surface area contributed by atoms with Gasteiger partial charge in [0.15, 0.2) is 0 Å². The van der Waals surface area contributed by atoms with Gasteiger partial charge in [0.2, 0.25) is 0 Å². The minimum Gasteiger partial charge on any atom is -0.311 e. The van der Waals surface area contributed by atoms with Crippen LogP contribution in [0.4, 0.5) is 34.1 Å². The van der Waals surface area contributed by atoms with Gasteiger partial charge in [0.1, 0.15) is 0 Å². The van der Waals surface area contributed by atoms with Gasteiger partial charge < -0.3 is 23.5 Å². The number of aromatic nitrogens is 3. The molecule has 14 aromatic rings. The van der Waals surface area contributed by atoms with Crippen LogP contribution in [0.3, 0.4) is 0 Å². The van der Waals surface area contributed by atoms with E-state index in [0.717, 1.165) is 51.2 Å². The van der Waals surface area contributed by atoms with Crippen LogP contribution in [0.1, 0.15) is 158 Å². The van der Waals surface area contributed by atoms with Crippen LogP contribution in [0.25, 0.3) is 82.5 Å². The number of fused-ring (bicyclic) bond motifs is 13. The van der Waals surface area contributed by atoms with Gasteiger partial charge in [-0.25, -0.2) is 0 Å². The third-order valence-electron chi connectivity index (χ3n) is 21.3. The monoisotopic (exact) mass is 1250 g/mol. The van der Waals surface area contributed by atoms with Gasteiger partial charge >= 0.3 is 0 Å². The molecule has 16 rings (SSSR count). The molecule has 11 aromatic carbocycles. The number of benzene rings is 11. The average Bonchev–Trinajstić information content (AvgIpc) is 0.813. The van der Waals surface area contributed by atoms with Gasteiger partial charge in [-0.1, -0.05) is 210 Å². The fraction of sp³-hybridized carbons (Fsp3) is 0.267. The lowest BCUT2D eigenvalue weighted by Gasteiger charge is -2.44. The Bertz CT molecular complexity index is 5050. The maximum Gasteiger partial charge on any atom is 0.252 e. The van der Waals surface area contributed by atoms with Crippen molar-refractivity contribution in [2.75, 3.05) is 9.80 Å². The van der Waals surface area contributed by atoms with E-state index in [-0.39, 0.29) is 39.2 Å². The van der Waals surface area contributed by atoms with Crippen molar-refractivity contribution in [1.82, 2.24) is 13.7 Å². The lowest BCUT2D eigenvalue weighted by molar-refractivity contribution is 0.590. The van der Waals surface area contributed by atoms with Crippen LogP contribution < -0.4 is 26.2 Å². The Morgan fingerprint density at radius 2 is 0.458 bits per heavy atom. The predicted octanol–water partition coefficient (Wildman–Crippen LogP) is 22.8. The lowest BCUT2D eigenvalue weighted by Crippen LogP contribution is -2.61. The lowest BCUT2D eigenvalue weighted by atomic mass is 9.33. The number of para-hydroxylation sites is 2. The molecule has 0 amide bonds. The molecule has 2 aliphatic heterocycles. The highest BCUT2D eigenvalue weighted by molar-refractivity contribution is 7.00. The molecule has 0 saturated carbocycles. The maximum atomic E-state index is 2.60. The van der Waals surface area contributed by atoms with Crippen molar-refractivity contribution in [3.05, 3.63) is 252 Å². The molecule has 0 atom stereocenters. The van der Waals surface area contributed by atoms with Crippen LogP contribution in [0.5, 0.6) is 0 Å². The first-order valence-corrected chi connectivity index (χ1v) is 34.9. The van der Waals surface area contributed by atoms with Crippen molar-refractivity contribution < 1.29 is 0 Å². The Labute approximate surface area is 568 Å².